The number of carbonyl (C=O) groups excluding carboxylic acids is 1. The van der Waals surface area contributed by atoms with Gasteiger partial charge in [0.15, 0.2) is 5.54 Å². The first kappa shape index (κ1) is 34.3. The molecule has 1 saturated heterocycles. The average molecular weight is 714 g/mol. The van der Waals surface area contributed by atoms with Crippen molar-refractivity contribution in [3.8, 4) is 11.5 Å². The van der Waals surface area contributed by atoms with Crippen LogP contribution in [0.1, 0.15) is 62.2 Å². The van der Waals surface area contributed by atoms with Gasteiger partial charge in [-0.1, -0.05) is 29.3 Å². The zero-order valence-electron chi connectivity index (χ0n) is 27.4. The number of hydrogen-bond donors (Lipinski definition) is 0. The number of aromatic nitrogens is 1. The van der Waals surface area contributed by atoms with E-state index < -0.39 is 27.5 Å². The molecule has 1 aromatic heterocycles. The summed E-state index contributed by atoms with van der Waals surface area (Å²) in [5, 5.41) is 0.283. The highest BCUT2D eigenvalue weighted by atomic mass is 35.5. The van der Waals surface area contributed by atoms with Gasteiger partial charge >= 0.3 is 0 Å². The molecular weight excluding hydrogens is 675 g/mol. The molecule has 0 radical (unpaired) electrons. The fourth-order valence-electron chi connectivity index (χ4n) is 6.71. The van der Waals surface area contributed by atoms with Crippen molar-refractivity contribution < 1.29 is 27.1 Å². The summed E-state index contributed by atoms with van der Waals surface area (Å²) in [5.74, 6) is 0.627. The zero-order chi connectivity index (χ0) is 34.4. The Morgan fingerprint density at radius 1 is 1.08 bits per heavy atom. The Morgan fingerprint density at radius 3 is 2.46 bits per heavy atom. The molecule has 2 aliphatic heterocycles. The summed E-state index contributed by atoms with van der Waals surface area (Å²) in [4.78, 5) is 24.1. The van der Waals surface area contributed by atoms with E-state index >= 15 is 4.79 Å². The van der Waals surface area contributed by atoms with Crippen molar-refractivity contribution >= 4 is 44.8 Å². The molecule has 1 amide bonds. The molecule has 0 spiro atoms. The quantitative estimate of drug-likeness (QED) is 0.162. The van der Waals surface area contributed by atoms with Crippen molar-refractivity contribution in [1.82, 2.24) is 14.8 Å². The summed E-state index contributed by atoms with van der Waals surface area (Å²) >= 11 is 13.3. The van der Waals surface area contributed by atoms with Crippen LogP contribution in [0.3, 0.4) is 0 Å². The monoisotopic (exact) mass is 712 g/mol. The van der Waals surface area contributed by atoms with Gasteiger partial charge < -0.3 is 13.9 Å². The second-order valence-electron chi connectivity index (χ2n) is 12.2. The van der Waals surface area contributed by atoms with E-state index in [0.29, 0.717) is 61.1 Å². The van der Waals surface area contributed by atoms with E-state index in [2.05, 4.69) is 23.7 Å². The van der Waals surface area contributed by atoms with Gasteiger partial charge in [0.25, 0.3) is 15.9 Å². The van der Waals surface area contributed by atoms with Gasteiger partial charge in [0.1, 0.15) is 17.8 Å². The highest BCUT2D eigenvalue weighted by Gasteiger charge is 2.63. The lowest BCUT2D eigenvalue weighted by atomic mass is 9.80. The van der Waals surface area contributed by atoms with Crippen LogP contribution in [0, 0.1) is 0 Å². The number of ether oxygens (including phenoxy) is 2. The minimum atomic E-state index is -4.49. The molecule has 3 aromatic carbocycles. The summed E-state index contributed by atoms with van der Waals surface area (Å²) in [6, 6.07) is 14.5. The summed E-state index contributed by atoms with van der Waals surface area (Å²) in [6.07, 6.45) is 4.37. The molecule has 0 saturated carbocycles. The molecule has 0 aliphatic carbocycles. The second-order valence-corrected chi connectivity index (χ2v) is 14.8. The third kappa shape index (κ3) is 5.65. The minimum Gasteiger partial charge on any atom is -0.496 e. The number of sulfonamides is 1. The number of fused-ring (bicyclic) bond motifs is 1. The first-order valence-electron chi connectivity index (χ1n) is 15.8. The Balaban J connectivity index is 1.66. The molecule has 3 heterocycles. The van der Waals surface area contributed by atoms with Gasteiger partial charge in [-0.2, -0.15) is 0 Å². The Labute approximate surface area is 291 Å². The number of halogens is 2. The van der Waals surface area contributed by atoms with Gasteiger partial charge in [-0.15, -0.1) is 0 Å². The number of oxazole rings is 1. The number of anilines is 1. The number of rotatable bonds is 11. The minimum absolute atomic E-state index is 0.0860. The second kappa shape index (κ2) is 13.4. The van der Waals surface area contributed by atoms with E-state index in [0.717, 1.165) is 9.87 Å². The lowest BCUT2D eigenvalue weighted by Gasteiger charge is -2.41. The van der Waals surface area contributed by atoms with Crippen LogP contribution in [0.25, 0.3) is 0 Å². The Hall–Kier alpha value is -3.61. The molecule has 10 nitrogen and oxygen atoms in total. The Bertz CT molecular complexity index is 1920. The third-order valence-electron chi connectivity index (χ3n) is 9.20. The predicted molar refractivity (Wildman–Crippen MR) is 184 cm³/mol. The van der Waals surface area contributed by atoms with E-state index in [1.54, 1.807) is 24.4 Å². The lowest BCUT2D eigenvalue weighted by Crippen LogP contribution is -2.54. The van der Waals surface area contributed by atoms with Gasteiger partial charge in [0, 0.05) is 30.3 Å². The van der Waals surface area contributed by atoms with E-state index in [1.165, 1.54) is 31.6 Å². The van der Waals surface area contributed by atoms with Crippen LogP contribution in [-0.4, -0.2) is 62.5 Å². The first-order chi connectivity index (χ1) is 22.9. The first-order valence-corrected chi connectivity index (χ1v) is 18.0. The summed E-state index contributed by atoms with van der Waals surface area (Å²) in [7, 11) is -0.937. The third-order valence-corrected chi connectivity index (χ3v) is 11.6. The maximum atomic E-state index is 15.6. The summed E-state index contributed by atoms with van der Waals surface area (Å²) in [5.41, 5.74) is 0.133. The van der Waals surface area contributed by atoms with Gasteiger partial charge in [-0.05, 0) is 94.8 Å². The summed E-state index contributed by atoms with van der Waals surface area (Å²) < 4.78 is 47.5. The fourth-order valence-corrected chi connectivity index (χ4v) is 8.48. The summed E-state index contributed by atoms with van der Waals surface area (Å²) in [6.45, 7) is 7.46. The van der Waals surface area contributed by atoms with Crippen LogP contribution in [-0.2, 0) is 26.9 Å². The largest absolute Gasteiger partial charge is 0.496 e. The van der Waals surface area contributed by atoms with Crippen LogP contribution in [0.2, 0.25) is 10.0 Å². The van der Waals surface area contributed by atoms with Gasteiger partial charge in [-0.3, -0.25) is 14.6 Å². The Kier molecular flexibility index (Phi) is 9.54. The fraction of sp³-hybridized carbons (Fsp3) is 0.371. The van der Waals surface area contributed by atoms with Crippen molar-refractivity contribution in [2.45, 2.75) is 62.7 Å². The van der Waals surface area contributed by atoms with Crippen molar-refractivity contribution in [2.24, 2.45) is 0 Å². The van der Waals surface area contributed by atoms with Crippen molar-refractivity contribution in [3.05, 3.63) is 99.7 Å². The zero-order valence-corrected chi connectivity index (χ0v) is 29.8. The number of benzene rings is 3. The number of methoxy groups -OCH3 is 1. The molecule has 2 aliphatic rings. The maximum absolute atomic E-state index is 15.6. The number of nitrogens with zero attached hydrogens (tertiary/aromatic N) is 4. The van der Waals surface area contributed by atoms with Gasteiger partial charge in [0.05, 0.1) is 46.6 Å². The predicted octanol–water partition coefficient (Wildman–Crippen LogP) is 7.05. The van der Waals surface area contributed by atoms with Gasteiger partial charge in [-0.25, -0.2) is 17.7 Å². The van der Waals surface area contributed by atoms with Crippen LogP contribution in [0.15, 0.2) is 76.4 Å². The standard InChI is InChI=1S/C35H38Cl2N4O6S/c1-6-46-24-10-12-25(13-11-24)48(43,44)41-31-20-29(37)28(36)19-26(31)35(34(41)42,40-16-7-8-30(40)33-38-15-17-47-33)27-18-23(9-14-32(27)45-5)21-39(4)22(2)3/h9-15,17-20,22,30H,6-8,16,21H2,1-5H3/t30-,35?/m0/s1. The van der Waals surface area contributed by atoms with E-state index in [-0.39, 0.29) is 26.7 Å². The molecule has 0 bridgehead atoms. The maximum Gasteiger partial charge on any atom is 0.271 e. The smallest absolute Gasteiger partial charge is 0.271 e. The highest BCUT2D eigenvalue weighted by Crippen LogP contribution is 2.57. The normalized spacial score (nSPS) is 19.8. The highest BCUT2D eigenvalue weighted by molar-refractivity contribution is 7.93. The van der Waals surface area contributed by atoms with Crippen LogP contribution in [0.5, 0.6) is 11.5 Å². The Morgan fingerprint density at radius 2 is 1.81 bits per heavy atom. The van der Waals surface area contributed by atoms with Crippen molar-refractivity contribution in [3.63, 3.8) is 0 Å². The van der Waals surface area contributed by atoms with E-state index in [1.807, 2.05) is 37.1 Å². The molecule has 13 heteroatoms. The van der Waals surface area contributed by atoms with Crippen LogP contribution < -0.4 is 13.8 Å². The van der Waals surface area contributed by atoms with Crippen LogP contribution >= 0.6 is 23.2 Å². The molecule has 48 heavy (non-hydrogen) atoms. The number of hydrogen-bond acceptors (Lipinski definition) is 9. The molecule has 6 rings (SSSR count). The number of amides is 1. The molecule has 4 aromatic rings. The molecule has 254 valence electrons. The molecule has 1 unspecified atom stereocenters. The van der Waals surface area contributed by atoms with E-state index in [9.17, 15) is 8.42 Å². The van der Waals surface area contributed by atoms with Crippen LogP contribution in [0.4, 0.5) is 5.69 Å². The van der Waals surface area contributed by atoms with E-state index in [4.69, 9.17) is 37.1 Å². The number of carbonyl (C=O) groups is 1. The average Bonchev–Trinajstić information content (AvgIpc) is 3.81. The van der Waals surface area contributed by atoms with Gasteiger partial charge in [0.2, 0.25) is 5.89 Å². The molecule has 1 fully saturated rings. The molecule has 2 atom stereocenters. The molecule has 0 N–H and O–H groups in total. The SMILES string of the molecule is CCOc1ccc(S(=O)(=O)N2C(=O)C(c3cc(CN(C)C(C)C)ccc3OC)(N3CCC[C@H]3c3ncco3)c3cc(Cl)c(Cl)cc32)cc1. The van der Waals surface area contributed by atoms with Crippen molar-refractivity contribution in [2.75, 3.05) is 31.6 Å². The lowest BCUT2D eigenvalue weighted by molar-refractivity contribution is -0.127. The number of likely N-dealkylation sites (tertiary alicyclic amines) is 1. The topological polar surface area (TPSA) is 105 Å². The molecular formula is C35H38Cl2N4O6S. The van der Waals surface area contributed by atoms with Crippen molar-refractivity contribution in [1.29, 1.82) is 0 Å².